The normalized spacial score (nSPS) is 23.2. The van der Waals surface area contributed by atoms with E-state index in [-0.39, 0.29) is 16.1 Å². The van der Waals surface area contributed by atoms with Gasteiger partial charge in [0.05, 0.1) is 17.1 Å². The zero-order valence-electron chi connectivity index (χ0n) is 9.27. The molecule has 86 valence electrons. The Bertz CT molecular complexity index is 417. The summed E-state index contributed by atoms with van der Waals surface area (Å²) in [6.07, 6.45) is -0.392. The quantitative estimate of drug-likeness (QED) is 0.614. The highest BCUT2D eigenvalue weighted by Crippen LogP contribution is 2.31. The fraction of sp³-hybridized carbons (Fsp3) is 0.455. The zero-order chi connectivity index (χ0) is 11.8. The fourth-order valence-electron chi connectivity index (χ4n) is 1.77. The van der Waals surface area contributed by atoms with Gasteiger partial charge >= 0.3 is 0 Å². The average Bonchev–Trinajstić information content (AvgIpc) is 2.59. The molecule has 1 aliphatic rings. The molecule has 1 aromatic rings. The van der Waals surface area contributed by atoms with Crippen LogP contribution in [0.2, 0.25) is 0 Å². The second kappa shape index (κ2) is 3.84. The molecule has 0 bridgehead atoms. The molecule has 1 saturated heterocycles. The second-order valence-corrected chi connectivity index (χ2v) is 4.54. The van der Waals surface area contributed by atoms with Crippen LogP contribution in [0.4, 0.5) is 5.69 Å². The molecule has 0 amide bonds. The van der Waals surface area contributed by atoms with Crippen molar-refractivity contribution in [2.45, 2.75) is 25.6 Å². The first-order chi connectivity index (χ1) is 7.49. The van der Waals surface area contributed by atoms with Gasteiger partial charge < -0.3 is 4.74 Å². The van der Waals surface area contributed by atoms with E-state index in [4.69, 9.17) is 4.74 Å². The van der Waals surface area contributed by atoms with Crippen molar-refractivity contribution in [3.8, 4) is 0 Å². The molecule has 0 spiro atoms. The van der Waals surface area contributed by atoms with Gasteiger partial charge in [-0.1, -0.05) is 12.1 Å². The number of benzene rings is 1. The standard InChI is InChI=1S/C11H14N2O3/c1-11(2)7-16-10(12-11)8-5-3-4-6-9(8)13(14)15/h3-6,10,12H,7H2,1-2H3. The lowest BCUT2D eigenvalue weighted by Gasteiger charge is -2.17. The lowest BCUT2D eigenvalue weighted by atomic mass is 10.1. The van der Waals surface area contributed by atoms with E-state index in [1.165, 1.54) is 6.07 Å². The largest absolute Gasteiger partial charge is 0.357 e. The molecule has 2 rings (SSSR count). The number of nitrogens with zero attached hydrogens (tertiary/aromatic N) is 1. The number of rotatable bonds is 2. The predicted octanol–water partition coefficient (Wildman–Crippen LogP) is 1.99. The number of hydrogen-bond donors (Lipinski definition) is 1. The molecule has 16 heavy (non-hydrogen) atoms. The van der Waals surface area contributed by atoms with Gasteiger partial charge in [-0.15, -0.1) is 0 Å². The molecule has 0 aliphatic carbocycles. The van der Waals surface area contributed by atoms with Crippen molar-refractivity contribution in [1.29, 1.82) is 0 Å². The van der Waals surface area contributed by atoms with E-state index in [2.05, 4.69) is 5.32 Å². The highest BCUT2D eigenvalue weighted by Gasteiger charge is 2.34. The number of para-hydroxylation sites is 1. The number of nitro groups is 1. The molecule has 5 nitrogen and oxygen atoms in total. The SMILES string of the molecule is CC1(C)COC(c2ccccc2[N+](=O)[O-])N1. The van der Waals surface area contributed by atoms with Crippen LogP contribution in [-0.4, -0.2) is 17.1 Å². The Balaban J connectivity index is 2.31. The van der Waals surface area contributed by atoms with Crippen LogP contribution >= 0.6 is 0 Å². The van der Waals surface area contributed by atoms with E-state index in [9.17, 15) is 10.1 Å². The summed E-state index contributed by atoms with van der Waals surface area (Å²) in [5.74, 6) is 0. The minimum absolute atomic E-state index is 0.0951. The summed E-state index contributed by atoms with van der Waals surface area (Å²) in [4.78, 5) is 10.5. The molecule has 1 aromatic carbocycles. The molecule has 1 unspecified atom stereocenters. The highest BCUT2D eigenvalue weighted by molar-refractivity contribution is 5.41. The number of ether oxygens (including phenoxy) is 1. The van der Waals surface area contributed by atoms with Crippen LogP contribution in [0.5, 0.6) is 0 Å². The Labute approximate surface area is 93.6 Å². The maximum absolute atomic E-state index is 10.9. The Hall–Kier alpha value is -1.46. The average molecular weight is 222 g/mol. The second-order valence-electron chi connectivity index (χ2n) is 4.54. The molecule has 0 saturated carbocycles. The van der Waals surface area contributed by atoms with Crippen LogP contribution < -0.4 is 5.32 Å². The first-order valence-corrected chi connectivity index (χ1v) is 5.12. The Morgan fingerprint density at radius 3 is 2.75 bits per heavy atom. The third-order valence-electron chi connectivity index (χ3n) is 2.55. The minimum Gasteiger partial charge on any atom is -0.357 e. The topological polar surface area (TPSA) is 64.4 Å². The van der Waals surface area contributed by atoms with Gasteiger partial charge in [-0.2, -0.15) is 0 Å². The molecule has 1 N–H and O–H groups in total. The first kappa shape index (κ1) is 11.0. The fourth-order valence-corrected chi connectivity index (χ4v) is 1.77. The maximum atomic E-state index is 10.9. The third kappa shape index (κ3) is 2.05. The summed E-state index contributed by atoms with van der Waals surface area (Å²) in [5, 5.41) is 14.1. The minimum atomic E-state index is -0.392. The van der Waals surface area contributed by atoms with Crippen LogP contribution in [0.3, 0.4) is 0 Å². The molecule has 5 heteroatoms. The number of hydrogen-bond acceptors (Lipinski definition) is 4. The van der Waals surface area contributed by atoms with Gasteiger partial charge in [0, 0.05) is 11.6 Å². The Morgan fingerprint density at radius 2 is 2.19 bits per heavy atom. The van der Waals surface area contributed by atoms with Gasteiger partial charge in [-0.3, -0.25) is 15.4 Å². The van der Waals surface area contributed by atoms with Crippen LogP contribution in [-0.2, 0) is 4.74 Å². The molecular weight excluding hydrogens is 208 g/mol. The van der Waals surface area contributed by atoms with Crippen molar-refractivity contribution in [1.82, 2.24) is 5.32 Å². The van der Waals surface area contributed by atoms with E-state index in [0.717, 1.165) is 0 Å². The smallest absolute Gasteiger partial charge is 0.276 e. The van der Waals surface area contributed by atoms with Gasteiger partial charge in [-0.25, -0.2) is 0 Å². The third-order valence-corrected chi connectivity index (χ3v) is 2.55. The van der Waals surface area contributed by atoms with Gasteiger partial charge in [-0.05, 0) is 19.9 Å². The molecule has 1 aliphatic heterocycles. The van der Waals surface area contributed by atoms with Crippen molar-refractivity contribution in [3.05, 3.63) is 39.9 Å². The Kier molecular flexibility index (Phi) is 2.65. The van der Waals surface area contributed by atoms with Crippen molar-refractivity contribution < 1.29 is 9.66 Å². The van der Waals surface area contributed by atoms with E-state index < -0.39 is 6.23 Å². The van der Waals surface area contributed by atoms with Crippen molar-refractivity contribution >= 4 is 5.69 Å². The summed E-state index contributed by atoms with van der Waals surface area (Å²) in [6.45, 7) is 4.55. The van der Waals surface area contributed by atoms with Gasteiger partial charge in [0.2, 0.25) is 0 Å². The number of nitro benzene ring substituents is 1. The lowest BCUT2D eigenvalue weighted by molar-refractivity contribution is -0.386. The summed E-state index contributed by atoms with van der Waals surface area (Å²) in [7, 11) is 0. The molecule has 0 aromatic heterocycles. The number of nitrogens with one attached hydrogen (secondary N) is 1. The predicted molar refractivity (Wildman–Crippen MR) is 59.0 cm³/mol. The maximum Gasteiger partial charge on any atom is 0.276 e. The molecule has 0 radical (unpaired) electrons. The van der Waals surface area contributed by atoms with Gasteiger partial charge in [0.15, 0.2) is 0 Å². The van der Waals surface area contributed by atoms with E-state index in [1.807, 2.05) is 13.8 Å². The molecular formula is C11H14N2O3. The first-order valence-electron chi connectivity index (χ1n) is 5.12. The van der Waals surface area contributed by atoms with Crippen molar-refractivity contribution in [3.63, 3.8) is 0 Å². The summed E-state index contributed by atoms with van der Waals surface area (Å²) < 4.78 is 5.53. The summed E-state index contributed by atoms with van der Waals surface area (Å²) >= 11 is 0. The van der Waals surface area contributed by atoms with Crippen molar-refractivity contribution in [2.75, 3.05) is 6.61 Å². The monoisotopic (exact) mass is 222 g/mol. The van der Waals surface area contributed by atoms with Crippen molar-refractivity contribution in [2.24, 2.45) is 0 Å². The lowest BCUT2D eigenvalue weighted by Crippen LogP contribution is -2.36. The van der Waals surface area contributed by atoms with E-state index in [0.29, 0.717) is 12.2 Å². The van der Waals surface area contributed by atoms with Gasteiger partial charge in [0.25, 0.3) is 5.69 Å². The molecule has 1 fully saturated rings. The molecule has 1 atom stereocenters. The van der Waals surface area contributed by atoms with Crippen LogP contribution in [0.15, 0.2) is 24.3 Å². The van der Waals surface area contributed by atoms with Crippen LogP contribution in [0.25, 0.3) is 0 Å². The highest BCUT2D eigenvalue weighted by atomic mass is 16.6. The molecule has 1 heterocycles. The summed E-state index contributed by atoms with van der Waals surface area (Å²) in [5.41, 5.74) is 0.532. The zero-order valence-corrected chi connectivity index (χ0v) is 9.27. The van der Waals surface area contributed by atoms with Crippen LogP contribution in [0, 0.1) is 10.1 Å². The Morgan fingerprint density at radius 1 is 1.50 bits per heavy atom. The van der Waals surface area contributed by atoms with Crippen LogP contribution in [0.1, 0.15) is 25.6 Å². The summed E-state index contributed by atoms with van der Waals surface area (Å²) in [6, 6.07) is 6.64. The van der Waals surface area contributed by atoms with Gasteiger partial charge in [0.1, 0.15) is 6.23 Å². The van der Waals surface area contributed by atoms with E-state index >= 15 is 0 Å². The van der Waals surface area contributed by atoms with E-state index in [1.54, 1.807) is 18.2 Å².